The zero-order valence-electron chi connectivity index (χ0n) is 14.3. The van der Waals surface area contributed by atoms with Gasteiger partial charge in [0.25, 0.3) is 0 Å². The van der Waals surface area contributed by atoms with E-state index in [-0.39, 0.29) is 0 Å². The summed E-state index contributed by atoms with van der Waals surface area (Å²) in [5, 5.41) is 2.13. The van der Waals surface area contributed by atoms with Crippen LogP contribution in [0.4, 0.5) is 0 Å². The molecule has 0 atom stereocenters. The molecule has 5 rings (SSSR count). The number of nitrogens with zero attached hydrogens (tertiary/aromatic N) is 2. The largest absolute Gasteiger partial charge is 0.437 e. The molecule has 0 radical (unpaired) electrons. The lowest BCUT2D eigenvalue weighted by Crippen LogP contribution is -1.85. The summed E-state index contributed by atoms with van der Waals surface area (Å²) in [6.45, 7) is 6.26. The predicted octanol–water partition coefficient (Wildman–Crippen LogP) is 6.18. The molecular weight excluding hydrogens is 328 g/mol. The zero-order chi connectivity index (χ0) is 17.1. The van der Waals surface area contributed by atoms with Crippen molar-refractivity contribution in [1.29, 1.82) is 0 Å². The number of furan rings is 1. The number of hydrogen-bond donors (Lipinski definition) is 0. The number of para-hydroxylation sites is 1. The third kappa shape index (κ3) is 2.11. The molecule has 4 heterocycles. The van der Waals surface area contributed by atoms with Crippen LogP contribution in [-0.4, -0.2) is 9.97 Å². The van der Waals surface area contributed by atoms with E-state index in [0.717, 1.165) is 38.8 Å². The Morgan fingerprint density at radius 3 is 2.64 bits per heavy atom. The van der Waals surface area contributed by atoms with E-state index in [1.807, 2.05) is 13.0 Å². The van der Waals surface area contributed by atoms with Gasteiger partial charge in [-0.25, -0.2) is 9.97 Å². The molecule has 0 aliphatic heterocycles. The van der Waals surface area contributed by atoms with Crippen molar-refractivity contribution in [2.45, 2.75) is 20.8 Å². The Labute approximate surface area is 149 Å². The quantitative estimate of drug-likeness (QED) is 0.364. The van der Waals surface area contributed by atoms with E-state index < -0.39 is 0 Å². The monoisotopic (exact) mass is 344 g/mol. The number of thiophene rings is 1. The zero-order valence-corrected chi connectivity index (χ0v) is 15.1. The third-order valence-electron chi connectivity index (χ3n) is 4.78. The second-order valence-corrected chi connectivity index (χ2v) is 7.67. The molecule has 0 amide bonds. The van der Waals surface area contributed by atoms with Crippen molar-refractivity contribution >= 4 is 43.6 Å². The van der Waals surface area contributed by atoms with Crippen molar-refractivity contribution < 1.29 is 4.42 Å². The number of rotatable bonds is 1. The first-order valence-corrected chi connectivity index (χ1v) is 9.09. The molecule has 122 valence electrons. The Bertz CT molecular complexity index is 1280. The van der Waals surface area contributed by atoms with Gasteiger partial charge in [-0.3, -0.25) is 0 Å². The number of aryl methyl sites for hydroxylation is 3. The van der Waals surface area contributed by atoms with Gasteiger partial charge < -0.3 is 4.42 Å². The van der Waals surface area contributed by atoms with Gasteiger partial charge in [-0.05, 0) is 56.7 Å². The van der Waals surface area contributed by atoms with Crippen LogP contribution in [0.3, 0.4) is 0 Å². The van der Waals surface area contributed by atoms with Crippen LogP contribution in [0.25, 0.3) is 43.5 Å². The summed E-state index contributed by atoms with van der Waals surface area (Å²) >= 11 is 1.80. The highest BCUT2D eigenvalue weighted by Crippen LogP contribution is 2.36. The SMILES string of the molecule is Cc1ccc2c(n1)oc1c(-c3ccc4sc(C)c(C)c4n3)cccc12. The minimum Gasteiger partial charge on any atom is -0.437 e. The number of hydrogen-bond acceptors (Lipinski definition) is 4. The molecule has 0 bridgehead atoms. The van der Waals surface area contributed by atoms with Crippen molar-refractivity contribution in [2.75, 3.05) is 0 Å². The molecule has 0 fully saturated rings. The molecular formula is C21H16N2OS. The van der Waals surface area contributed by atoms with Crippen molar-refractivity contribution in [2.24, 2.45) is 0 Å². The second kappa shape index (κ2) is 5.14. The van der Waals surface area contributed by atoms with Crippen LogP contribution in [0.5, 0.6) is 0 Å². The molecule has 25 heavy (non-hydrogen) atoms. The van der Waals surface area contributed by atoms with Crippen LogP contribution < -0.4 is 0 Å². The molecule has 3 nitrogen and oxygen atoms in total. The fourth-order valence-corrected chi connectivity index (χ4v) is 4.34. The van der Waals surface area contributed by atoms with E-state index in [2.05, 4.69) is 55.2 Å². The Kier molecular flexibility index (Phi) is 3.00. The number of fused-ring (bicyclic) bond motifs is 4. The average Bonchev–Trinajstić information content (AvgIpc) is 3.11. The van der Waals surface area contributed by atoms with Crippen LogP contribution in [0.1, 0.15) is 16.1 Å². The fourth-order valence-electron chi connectivity index (χ4n) is 3.33. The average molecular weight is 344 g/mol. The highest BCUT2D eigenvalue weighted by molar-refractivity contribution is 7.19. The van der Waals surface area contributed by atoms with Gasteiger partial charge in [-0.1, -0.05) is 12.1 Å². The maximum absolute atomic E-state index is 6.12. The van der Waals surface area contributed by atoms with E-state index in [1.165, 1.54) is 15.1 Å². The normalized spacial score (nSPS) is 11.8. The van der Waals surface area contributed by atoms with Gasteiger partial charge in [0.15, 0.2) is 0 Å². The number of aromatic nitrogens is 2. The summed E-state index contributed by atoms with van der Waals surface area (Å²) in [7, 11) is 0. The summed E-state index contributed by atoms with van der Waals surface area (Å²) in [4.78, 5) is 10.8. The lowest BCUT2D eigenvalue weighted by molar-refractivity contribution is 0.653. The van der Waals surface area contributed by atoms with Crippen molar-refractivity contribution in [3.8, 4) is 11.3 Å². The fraction of sp³-hybridized carbons (Fsp3) is 0.143. The molecule has 5 aromatic rings. The van der Waals surface area contributed by atoms with Crippen LogP contribution in [-0.2, 0) is 0 Å². The molecule has 0 N–H and O–H groups in total. The first-order chi connectivity index (χ1) is 12.1. The maximum atomic E-state index is 6.12. The van der Waals surface area contributed by atoms with Gasteiger partial charge in [-0.2, -0.15) is 0 Å². The van der Waals surface area contributed by atoms with Crippen molar-refractivity contribution in [1.82, 2.24) is 9.97 Å². The van der Waals surface area contributed by atoms with Crippen LogP contribution in [0.15, 0.2) is 46.9 Å². The summed E-state index contributed by atoms with van der Waals surface area (Å²) in [5.41, 5.74) is 6.79. The van der Waals surface area contributed by atoms with Crippen molar-refractivity contribution in [3.63, 3.8) is 0 Å². The molecule has 4 aromatic heterocycles. The Morgan fingerprint density at radius 1 is 0.880 bits per heavy atom. The van der Waals surface area contributed by atoms with Gasteiger partial charge >= 0.3 is 0 Å². The minimum absolute atomic E-state index is 0.686. The molecule has 1 aromatic carbocycles. The topological polar surface area (TPSA) is 38.9 Å². The number of pyridine rings is 2. The van der Waals surface area contributed by atoms with Gasteiger partial charge in [0.2, 0.25) is 5.71 Å². The maximum Gasteiger partial charge on any atom is 0.227 e. The van der Waals surface area contributed by atoms with Crippen molar-refractivity contribution in [3.05, 3.63) is 58.6 Å². The molecule has 0 spiro atoms. The Morgan fingerprint density at radius 2 is 1.76 bits per heavy atom. The van der Waals surface area contributed by atoms with E-state index >= 15 is 0 Å². The van der Waals surface area contributed by atoms with Crippen LogP contribution in [0, 0.1) is 20.8 Å². The predicted molar refractivity (Wildman–Crippen MR) is 104 cm³/mol. The molecule has 0 saturated heterocycles. The second-order valence-electron chi connectivity index (χ2n) is 6.42. The summed E-state index contributed by atoms with van der Waals surface area (Å²) in [5.74, 6) is 0. The van der Waals surface area contributed by atoms with Gasteiger partial charge in [0.05, 0.1) is 15.9 Å². The first-order valence-electron chi connectivity index (χ1n) is 8.28. The molecule has 0 saturated carbocycles. The van der Waals surface area contributed by atoms with E-state index in [0.29, 0.717) is 5.71 Å². The van der Waals surface area contributed by atoms with E-state index in [9.17, 15) is 0 Å². The van der Waals surface area contributed by atoms with Gasteiger partial charge in [-0.15, -0.1) is 11.3 Å². The lowest BCUT2D eigenvalue weighted by Gasteiger charge is -2.02. The van der Waals surface area contributed by atoms with Crippen LogP contribution >= 0.6 is 11.3 Å². The summed E-state index contributed by atoms with van der Waals surface area (Å²) in [6.07, 6.45) is 0. The Hall–Kier alpha value is -2.72. The molecule has 4 heteroatoms. The standard InChI is InChI=1S/C21H16N2OS/c1-11-7-8-15-14-5-4-6-16(20(14)24-21(15)22-11)17-9-10-18-19(23-17)12(2)13(3)25-18/h4-10H,1-3H3. The highest BCUT2D eigenvalue weighted by atomic mass is 32.1. The first kappa shape index (κ1) is 14.6. The molecule has 0 unspecified atom stereocenters. The summed E-state index contributed by atoms with van der Waals surface area (Å²) < 4.78 is 7.35. The summed E-state index contributed by atoms with van der Waals surface area (Å²) in [6, 6.07) is 14.6. The minimum atomic E-state index is 0.686. The van der Waals surface area contributed by atoms with E-state index in [4.69, 9.17) is 9.40 Å². The number of benzene rings is 1. The van der Waals surface area contributed by atoms with Gasteiger partial charge in [0, 0.05) is 26.9 Å². The highest BCUT2D eigenvalue weighted by Gasteiger charge is 2.15. The molecule has 0 aliphatic carbocycles. The van der Waals surface area contributed by atoms with E-state index in [1.54, 1.807) is 11.3 Å². The third-order valence-corrected chi connectivity index (χ3v) is 5.95. The smallest absolute Gasteiger partial charge is 0.227 e. The van der Waals surface area contributed by atoms with Gasteiger partial charge in [0.1, 0.15) is 5.58 Å². The van der Waals surface area contributed by atoms with Crippen LogP contribution in [0.2, 0.25) is 0 Å². The molecule has 0 aliphatic rings. The Balaban J connectivity index is 1.83. The lowest BCUT2D eigenvalue weighted by atomic mass is 10.1.